The van der Waals surface area contributed by atoms with E-state index in [0.717, 1.165) is 4.88 Å². The zero-order valence-corrected chi connectivity index (χ0v) is 9.68. The average Bonchev–Trinajstić information content (AvgIpc) is 2.83. The number of thiophene rings is 1. The third kappa shape index (κ3) is 3.73. The van der Waals surface area contributed by atoms with Crippen molar-refractivity contribution in [1.29, 1.82) is 0 Å². The standard InChI is InChI=1S/C12H10N2O2S/c15-12(16-10-5-2-1-3-6-10)14-13-9-11-7-4-8-17-11/h1-9H,(H,14,15)/b13-9+. The molecular formula is C12H10N2O2S. The highest BCUT2D eigenvalue weighted by Gasteiger charge is 2.00. The molecule has 1 aromatic heterocycles. The van der Waals surface area contributed by atoms with Gasteiger partial charge in [-0.05, 0) is 23.6 Å². The van der Waals surface area contributed by atoms with E-state index in [0.29, 0.717) is 5.75 Å². The summed E-state index contributed by atoms with van der Waals surface area (Å²) in [5, 5.41) is 5.70. The van der Waals surface area contributed by atoms with Crippen LogP contribution in [0.4, 0.5) is 4.79 Å². The zero-order chi connectivity index (χ0) is 11.9. The number of carbonyl (C=O) groups excluding carboxylic acids is 1. The molecule has 0 radical (unpaired) electrons. The van der Waals surface area contributed by atoms with Gasteiger partial charge in [0.25, 0.3) is 0 Å². The Hall–Kier alpha value is -2.14. The van der Waals surface area contributed by atoms with Crippen molar-refractivity contribution in [3.63, 3.8) is 0 Å². The van der Waals surface area contributed by atoms with Crippen molar-refractivity contribution >= 4 is 23.6 Å². The molecule has 86 valence electrons. The molecule has 2 rings (SSSR count). The van der Waals surface area contributed by atoms with E-state index in [2.05, 4.69) is 10.5 Å². The summed E-state index contributed by atoms with van der Waals surface area (Å²) in [6, 6.07) is 12.6. The van der Waals surface area contributed by atoms with Crippen LogP contribution in [0.1, 0.15) is 4.88 Å². The van der Waals surface area contributed by atoms with Gasteiger partial charge in [0.2, 0.25) is 0 Å². The van der Waals surface area contributed by atoms with E-state index in [-0.39, 0.29) is 0 Å². The van der Waals surface area contributed by atoms with Crippen molar-refractivity contribution < 1.29 is 9.53 Å². The minimum atomic E-state index is -0.607. The first-order chi connectivity index (χ1) is 8.34. The Morgan fingerprint density at radius 3 is 2.76 bits per heavy atom. The van der Waals surface area contributed by atoms with E-state index in [1.54, 1.807) is 30.5 Å². The molecule has 0 fully saturated rings. The van der Waals surface area contributed by atoms with Crippen molar-refractivity contribution in [3.8, 4) is 5.75 Å². The third-order valence-electron chi connectivity index (χ3n) is 1.84. The second-order valence-electron chi connectivity index (χ2n) is 3.09. The van der Waals surface area contributed by atoms with Crippen molar-refractivity contribution in [3.05, 3.63) is 52.7 Å². The number of nitrogens with one attached hydrogen (secondary N) is 1. The van der Waals surface area contributed by atoms with Crippen LogP contribution in [0.2, 0.25) is 0 Å². The van der Waals surface area contributed by atoms with Crippen LogP contribution >= 0.6 is 11.3 Å². The lowest BCUT2D eigenvalue weighted by molar-refractivity contribution is 0.201. The first kappa shape index (κ1) is 11.3. The molecule has 0 aliphatic rings. The van der Waals surface area contributed by atoms with Crippen molar-refractivity contribution in [1.82, 2.24) is 5.43 Å². The van der Waals surface area contributed by atoms with Gasteiger partial charge < -0.3 is 4.74 Å². The number of rotatable bonds is 3. The second kappa shape index (κ2) is 5.81. The average molecular weight is 246 g/mol. The minimum absolute atomic E-state index is 0.483. The third-order valence-corrected chi connectivity index (χ3v) is 2.65. The maximum Gasteiger partial charge on any atom is 0.433 e. The maximum absolute atomic E-state index is 11.3. The number of hydrazone groups is 1. The number of amides is 1. The molecule has 0 spiro atoms. The van der Waals surface area contributed by atoms with Crippen LogP contribution in [0, 0.1) is 0 Å². The van der Waals surface area contributed by atoms with Gasteiger partial charge in [-0.1, -0.05) is 24.3 Å². The van der Waals surface area contributed by atoms with Crippen LogP contribution in [0.25, 0.3) is 0 Å². The van der Waals surface area contributed by atoms with Gasteiger partial charge in [0.1, 0.15) is 5.75 Å². The zero-order valence-electron chi connectivity index (χ0n) is 8.87. The number of hydrogen-bond acceptors (Lipinski definition) is 4. The summed E-state index contributed by atoms with van der Waals surface area (Å²) in [5.41, 5.74) is 2.28. The number of benzene rings is 1. The molecule has 17 heavy (non-hydrogen) atoms. The molecule has 0 unspecified atom stereocenters. The second-order valence-corrected chi connectivity index (χ2v) is 4.07. The van der Waals surface area contributed by atoms with E-state index >= 15 is 0 Å². The van der Waals surface area contributed by atoms with Gasteiger partial charge in [-0.15, -0.1) is 11.3 Å². The topological polar surface area (TPSA) is 50.7 Å². The predicted octanol–water partition coefficient (Wildman–Crippen LogP) is 2.87. The molecule has 0 saturated carbocycles. The van der Waals surface area contributed by atoms with Crippen molar-refractivity contribution in [2.45, 2.75) is 0 Å². The van der Waals surface area contributed by atoms with Crippen LogP contribution in [-0.2, 0) is 0 Å². The Kier molecular flexibility index (Phi) is 3.88. The Balaban J connectivity index is 1.82. The van der Waals surface area contributed by atoms with Crippen LogP contribution in [0.15, 0.2) is 52.9 Å². The number of ether oxygens (including phenoxy) is 1. The number of nitrogens with zero attached hydrogens (tertiary/aromatic N) is 1. The van der Waals surface area contributed by atoms with Gasteiger partial charge in [0.15, 0.2) is 0 Å². The van der Waals surface area contributed by atoms with Gasteiger partial charge in [0.05, 0.1) is 6.21 Å². The first-order valence-electron chi connectivity index (χ1n) is 4.94. The van der Waals surface area contributed by atoms with E-state index < -0.39 is 6.09 Å². The fourth-order valence-corrected chi connectivity index (χ4v) is 1.72. The minimum Gasteiger partial charge on any atom is -0.409 e. The Morgan fingerprint density at radius 1 is 1.24 bits per heavy atom. The normalized spacial score (nSPS) is 10.4. The molecule has 0 bridgehead atoms. The quantitative estimate of drug-likeness (QED) is 0.668. The van der Waals surface area contributed by atoms with Gasteiger partial charge in [-0.2, -0.15) is 5.10 Å². The highest BCUT2D eigenvalue weighted by Crippen LogP contribution is 2.08. The molecule has 1 N–H and O–H groups in total. The summed E-state index contributed by atoms with van der Waals surface area (Å²) in [4.78, 5) is 12.3. The predicted molar refractivity (Wildman–Crippen MR) is 67.5 cm³/mol. The summed E-state index contributed by atoms with van der Waals surface area (Å²) >= 11 is 1.54. The molecule has 1 amide bonds. The van der Waals surface area contributed by atoms with Crippen LogP contribution in [0.5, 0.6) is 5.75 Å². The molecule has 0 aliphatic carbocycles. The number of carbonyl (C=O) groups is 1. The smallest absolute Gasteiger partial charge is 0.409 e. The molecular weight excluding hydrogens is 236 g/mol. The molecule has 0 aliphatic heterocycles. The molecule has 2 aromatic rings. The maximum atomic E-state index is 11.3. The Bertz CT molecular complexity index is 494. The van der Waals surface area contributed by atoms with Gasteiger partial charge in [-0.25, -0.2) is 10.2 Å². The summed E-state index contributed by atoms with van der Waals surface area (Å²) in [6.45, 7) is 0. The summed E-state index contributed by atoms with van der Waals surface area (Å²) in [6.07, 6.45) is 0.959. The van der Waals surface area contributed by atoms with Crippen molar-refractivity contribution in [2.24, 2.45) is 5.10 Å². The van der Waals surface area contributed by atoms with Crippen LogP contribution in [0.3, 0.4) is 0 Å². The van der Waals surface area contributed by atoms with Crippen LogP contribution < -0.4 is 10.2 Å². The lowest BCUT2D eigenvalue weighted by Crippen LogP contribution is -2.21. The van der Waals surface area contributed by atoms with E-state index in [4.69, 9.17) is 4.74 Å². The van der Waals surface area contributed by atoms with Crippen LogP contribution in [-0.4, -0.2) is 12.3 Å². The van der Waals surface area contributed by atoms with Gasteiger partial charge in [-0.3, -0.25) is 0 Å². The van der Waals surface area contributed by atoms with E-state index in [9.17, 15) is 4.79 Å². The summed E-state index contributed by atoms with van der Waals surface area (Å²) in [7, 11) is 0. The highest BCUT2D eigenvalue weighted by molar-refractivity contribution is 7.11. The molecule has 1 aromatic carbocycles. The lowest BCUT2D eigenvalue weighted by Gasteiger charge is -2.01. The fourth-order valence-electron chi connectivity index (χ4n) is 1.13. The molecule has 0 atom stereocenters. The van der Waals surface area contributed by atoms with Gasteiger partial charge in [0, 0.05) is 4.88 Å². The monoisotopic (exact) mass is 246 g/mol. The molecule has 1 heterocycles. The van der Waals surface area contributed by atoms with Gasteiger partial charge >= 0.3 is 6.09 Å². The molecule has 5 heteroatoms. The SMILES string of the molecule is O=C(N/N=C/c1cccs1)Oc1ccccc1. The van der Waals surface area contributed by atoms with E-state index in [1.165, 1.54) is 11.3 Å². The molecule has 0 saturated heterocycles. The number of para-hydroxylation sites is 1. The Labute approximate surface area is 103 Å². The fraction of sp³-hybridized carbons (Fsp3) is 0. The largest absolute Gasteiger partial charge is 0.433 e. The summed E-state index contributed by atoms with van der Waals surface area (Å²) < 4.78 is 4.97. The van der Waals surface area contributed by atoms with E-state index in [1.807, 2.05) is 23.6 Å². The molecule has 4 nitrogen and oxygen atoms in total. The number of hydrogen-bond donors (Lipinski definition) is 1. The summed E-state index contributed by atoms with van der Waals surface area (Å²) in [5.74, 6) is 0.483. The first-order valence-corrected chi connectivity index (χ1v) is 5.82. The lowest BCUT2D eigenvalue weighted by atomic mass is 10.3. The Morgan fingerprint density at radius 2 is 2.06 bits per heavy atom. The highest BCUT2D eigenvalue weighted by atomic mass is 32.1. The van der Waals surface area contributed by atoms with Crippen molar-refractivity contribution in [2.75, 3.05) is 0 Å².